The lowest BCUT2D eigenvalue weighted by Gasteiger charge is -2.15. The van der Waals surface area contributed by atoms with Gasteiger partial charge < -0.3 is 19.0 Å². The van der Waals surface area contributed by atoms with Crippen LogP contribution in [-0.2, 0) is 14.4 Å². The van der Waals surface area contributed by atoms with Crippen LogP contribution in [0.2, 0.25) is 0 Å². The molecule has 0 aromatic heterocycles. The van der Waals surface area contributed by atoms with E-state index in [9.17, 15) is 4.79 Å². The number of carbonyl (C=O) groups is 1. The van der Waals surface area contributed by atoms with Crippen molar-refractivity contribution in [3.63, 3.8) is 0 Å². The molecular formula is C19H29NO5. The number of unbranched alkanes of at least 4 members (excludes halogenated alkanes) is 2. The van der Waals surface area contributed by atoms with Crippen LogP contribution in [0.1, 0.15) is 51.5 Å². The number of ether oxygens (including phenoxy) is 3. The summed E-state index contributed by atoms with van der Waals surface area (Å²) in [6, 6.07) is 5.52. The van der Waals surface area contributed by atoms with Crippen LogP contribution in [0.4, 0.5) is 0 Å². The molecule has 6 heteroatoms. The van der Waals surface area contributed by atoms with E-state index in [-0.39, 0.29) is 12.1 Å². The first-order valence-electron chi connectivity index (χ1n) is 8.65. The minimum absolute atomic E-state index is 0.0946. The van der Waals surface area contributed by atoms with Crippen LogP contribution >= 0.6 is 0 Å². The largest absolute Gasteiger partial charge is 0.496 e. The Morgan fingerprint density at radius 2 is 1.84 bits per heavy atom. The summed E-state index contributed by atoms with van der Waals surface area (Å²) in [6.07, 6.45) is 6.31. The van der Waals surface area contributed by atoms with Gasteiger partial charge in [-0.3, -0.25) is 4.79 Å². The van der Waals surface area contributed by atoms with Crippen molar-refractivity contribution < 1.29 is 23.8 Å². The number of carbonyl (C=O) groups excluding carboxylic acids is 1. The second-order valence-electron chi connectivity index (χ2n) is 5.66. The molecule has 0 amide bonds. The van der Waals surface area contributed by atoms with Crippen LogP contribution in [0.5, 0.6) is 11.5 Å². The molecular weight excluding hydrogens is 322 g/mol. The molecule has 6 nitrogen and oxygen atoms in total. The van der Waals surface area contributed by atoms with Gasteiger partial charge in [-0.2, -0.15) is 0 Å². The summed E-state index contributed by atoms with van der Waals surface area (Å²) in [6.45, 7) is 3.89. The maximum atomic E-state index is 10.9. The zero-order chi connectivity index (χ0) is 18.5. The number of methoxy groups -OCH3 is 2. The molecule has 1 rings (SSSR count). The molecule has 0 radical (unpaired) electrons. The number of oxime groups is 1. The van der Waals surface area contributed by atoms with Crippen LogP contribution in [0.25, 0.3) is 0 Å². The summed E-state index contributed by atoms with van der Waals surface area (Å²) in [5.74, 6) is 1.04. The zero-order valence-corrected chi connectivity index (χ0v) is 15.6. The van der Waals surface area contributed by atoms with Gasteiger partial charge in [0.05, 0.1) is 32.6 Å². The summed E-state index contributed by atoms with van der Waals surface area (Å²) in [7, 11) is 3.19. The van der Waals surface area contributed by atoms with E-state index in [2.05, 4.69) is 12.1 Å². The second kappa shape index (κ2) is 12.2. The van der Waals surface area contributed by atoms with Gasteiger partial charge in [0.2, 0.25) is 0 Å². The molecule has 0 spiro atoms. The van der Waals surface area contributed by atoms with Crippen molar-refractivity contribution in [3.8, 4) is 11.5 Å². The SMILES string of the molecule is CCCCCC(CCOC(C)=O)O/N=C/c1c(OC)cccc1OC. The Hall–Kier alpha value is -2.24. The Morgan fingerprint density at radius 3 is 2.40 bits per heavy atom. The van der Waals surface area contributed by atoms with Gasteiger partial charge in [0.1, 0.15) is 17.6 Å². The Bertz CT molecular complexity index is 522. The van der Waals surface area contributed by atoms with E-state index in [0.29, 0.717) is 24.5 Å². The molecule has 1 aromatic rings. The normalized spacial score (nSPS) is 12.0. The van der Waals surface area contributed by atoms with E-state index in [4.69, 9.17) is 19.0 Å². The van der Waals surface area contributed by atoms with Gasteiger partial charge in [0.15, 0.2) is 0 Å². The summed E-state index contributed by atoms with van der Waals surface area (Å²) < 4.78 is 15.7. The molecule has 0 aliphatic rings. The first kappa shape index (κ1) is 20.8. The molecule has 0 fully saturated rings. The van der Waals surface area contributed by atoms with Crippen LogP contribution in [0.3, 0.4) is 0 Å². The van der Waals surface area contributed by atoms with Crippen molar-refractivity contribution in [3.05, 3.63) is 23.8 Å². The second-order valence-corrected chi connectivity index (χ2v) is 5.66. The van der Waals surface area contributed by atoms with Crippen molar-refractivity contribution in [1.29, 1.82) is 0 Å². The molecule has 25 heavy (non-hydrogen) atoms. The third-order valence-electron chi connectivity index (χ3n) is 3.73. The molecule has 140 valence electrons. The molecule has 1 aromatic carbocycles. The van der Waals surface area contributed by atoms with E-state index in [1.807, 2.05) is 18.2 Å². The number of esters is 1. The van der Waals surface area contributed by atoms with E-state index in [1.54, 1.807) is 20.4 Å². The molecule has 0 saturated heterocycles. The van der Waals surface area contributed by atoms with Crippen molar-refractivity contribution >= 4 is 12.2 Å². The number of nitrogens with zero attached hydrogens (tertiary/aromatic N) is 1. The lowest BCUT2D eigenvalue weighted by atomic mass is 10.1. The van der Waals surface area contributed by atoms with E-state index in [0.717, 1.165) is 31.2 Å². The van der Waals surface area contributed by atoms with Crippen LogP contribution < -0.4 is 9.47 Å². The highest BCUT2D eigenvalue weighted by Crippen LogP contribution is 2.26. The van der Waals surface area contributed by atoms with E-state index >= 15 is 0 Å². The van der Waals surface area contributed by atoms with Gasteiger partial charge in [-0.1, -0.05) is 31.0 Å². The lowest BCUT2D eigenvalue weighted by Crippen LogP contribution is -2.15. The van der Waals surface area contributed by atoms with Crippen molar-refractivity contribution in [1.82, 2.24) is 0 Å². The predicted octanol–water partition coefficient (Wildman–Crippen LogP) is 3.96. The summed E-state index contributed by atoms with van der Waals surface area (Å²) in [5, 5.41) is 4.11. The van der Waals surface area contributed by atoms with Crippen molar-refractivity contribution in [2.24, 2.45) is 5.16 Å². The molecule has 0 aliphatic heterocycles. The van der Waals surface area contributed by atoms with Crippen LogP contribution in [0, 0.1) is 0 Å². The fraction of sp³-hybridized carbons (Fsp3) is 0.579. The average Bonchev–Trinajstić information content (AvgIpc) is 2.61. The molecule has 0 heterocycles. The Balaban J connectivity index is 2.70. The summed E-state index contributed by atoms with van der Waals surface area (Å²) in [4.78, 5) is 16.5. The van der Waals surface area contributed by atoms with Crippen LogP contribution in [-0.4, -0.2) is 39.1 Å². The fourth-order valence-corrected chi connectivity index (χ4v) is 2.38. The maximum Gasteiger partial charge on any atom is 0.302 e. The van der Waals surface area contributed by atoms with Crippen LogP contribution in [0.15, 0.2) is 23.4 Å². The highest BCUT2D eigenvalue weighted by molar-refractivity contribution is 5.87. The molecule has 0 saturated carbocycles. The number of hydrogen-bond donors (Lipinski definition) is 0. The van der Waals surface area contributed by atoms with E-state index < -0.39 is 0 Å². The predicted molar refractivity (Wildman–Crippen MR) is 97.4 cm³/mol. The highest BCUT2D eigenvalue weighted by atomic mass is 16.6. The van der Waals surface area contributed by atoms with Gasteiger partial charge in [-0.25, -0.2) is 0 Å². The third-order valence-corrected chi connectivity index (χ3v) is 3.73. The van der Waals surface area contributed by atoms with Gasteiger partial charge in [-0.15, -0.1) is 0 Å². The molecule has 0 aliphatic carbocycles. The fourth-order valence-electron chi connectivity index (χ4n) is 2.38. The number of rotatable bonds is 12. The van der Waals surface area contributed by atoms with Gasteiger partial charge in [0.25, 0.3) is 0 Å². The topological polar surface area (TPSA) is 66.4 Å². The minimum Gasteiger partial charge on any atom is -0.496 e. The molecule has 0 bridgehead atoms. The average molecular weight is 351 g/mol. The Kier molecular flexibility index (Phi) is 10.1. The molecule has 0 N–H and O–H groups in total. The third kappa shape index (κ3) is 7.92. The first-order chi connectivity index (χ1) is 12.1. The summed E-state index contributed by atoms with van der Waals surface area (Å²) >= 11 is 0. The maximum absolute atomic E-state index is 10.9. The van der Waals surface area contributed by atoms with Gasteiger partial charge >= 0.3 is 5.97 Å². The quantitative estimate of drug-likeness (QED) is 0.247. The van der Waals surface area contributed by atoms with Gasteiger partial charge in [-0.05, 0) is 25.0 Å². The molecule has 1 atom stereocenters. The zero-order valence-electron chi connectivity index (χ0n) is 15.6. The Labute approximate surface area is 150 Å². The van der Waals surface area contributed by atoms with Crippen molar-refractivity contribution in [2.75, 3.05) is 20.8 Å². The summed E-state index contributed by atoms with van der Waals surface area (Å²) in [5.41, 5.74) is 0.722. The van der Waals surface area contributed by atoms with Gasteiger partial charge in [0, 0.05) is 13.3 Å². The number of hydrogen-bond acceptors (Lipinski definition) is 6. The standard InChI is InChI=1S/C19H29NO5/c1-5-6-7-9-16(12-13-24-15(2)21)25-20-14-17-18(22-3)10-8-11-19(17)23-4/h8,10-11,14,16H,5-7,9,12-13H2,1-4H3/b20-14+. The lowest BCUT2D eigenvalue weighted by molar-refractivity contribution is -0.141. The smallest absolute Gasteiger partial charge is 0.302 e. The monoisotopic (exact) mass is 351 g/mol. The first-order valence-corrected chi connectivity index (χ1v) is 8.65. The Morgan fingerprint density at radius 1 is 1.16 bits per heavy atom. The number of benzene rings is 1. The minimum atomic E-state index is -0.283. The van der Waals surface area contributed by atoms with Crippen molar-refractivity contribution in [2.45, 2.75) is 52.1 Å². The molecule has 1 unspecified atom stereocenters. The van der Waals surface area contributed by atoms with E-state index in [1.165, 1.54) is 6.92 Å². The highest BCUT2D eigenvalue weighted by Gasteiger charge is 2.12.